The van der Waals surface area contributed by atoms with Crippen molar-refractivity contribution >= 4 is 11.7 Å². The van der Waals surface area contributed by atoms with Gasteiger partial charge in [0.1, 0.15) is 0 Å². The average Bonchev–Trinajstić information content (AvgIpc) is 2.28. The maximum atomic E-state index is 11.2. The number of nitrogens with zero attached hydrogens (tertiary/aromatic N) is 1. The fourth-order valence-electron chi connectivity index (χ4n) is 1.78. The van der Waals surface area contributed by atoms with Gasteiger partial charge in [-0.05, 0) is 11.5 Å². The van der Waals surface area contributed by atoms with Crippen LogP contribution in [0.3, 0.4) is 0 Å². The Labute approximate surface area is 99.2 Å². The van der Waals surface area contributed by atoms with Crippen molar-refractivity contribution in [2.24, 2.45) is 5.92 Å². The van der Waals surface area contributed by atoms with Crippen LogP contribution in [0, 0.1) is 16.0 Å². The van der Waals surface area contributed by atoms with Crippen molar-refractivity contribution in [3.05, 3.63) is 39.9 Å². The van der Waals surface area contributed by atoms with E-state index in [0.717, 1.165) is 0 Å². The number of hydrogen-bond donors (Lipinski definition) is 1. The zero-order chi connectivity index (χ0) is 13.0. The molecule has 0 aliphatic carbocycles. The van der Waals surface area contributed by atoms with Crippen LogP contribution in [0.25, 0.3) is 0 Å². The Hall–Kier alpha value is -1.91. The Kier molecular flexibility index (Phi) is 4.20. The molecule has 0 saturated heterocycles. The minimum atomic E-state index is -0.945. The normalized spacial score (nSPS) is 14.0. The van der Waals surface area contributed by atoms with Gasteiger partial charge < -0.3 is 5.11 Å². The highest BCUT2D eigenvalue weighted by Gasteiger charge is 2.26. The summed E-state index contributed by atoms with van der Waals surface area (Å²) in [5.41, 5.74) is 0.415. The first-order chi connectivity index (χ1) is 7.97. The lowest BCUT2D eigenvalue weighted by Gasteiger charge is -2.18. The van der Waals surface area contributed by atoms with E-state index in [1.807, 2.05) is 13.8 Å². The van der Waals surface area contributed by atoms with Crippen LogP contribution in [-0.2, 0) is 4.79 Å². The molecule has 0 amide bonds. The van der Waals surface area contributed by atoms with Crippen molar-refractivity contribution in [3.63, 3.8) is 0 Å². The Balaban J connectivity index is 3.14. The van der Waals surface area contributed by atoms with Gasteiger partial charge in [0, 0.05) is 12.1 Å². The quantitative estimate of drug-likeness (QED) is 0.630. The first kappa shape index (κ1) is 13.2. The molecule has 0 aromatic heterocycles. The molecule has 0 fully saturated rings. The minimum Gasteiger partial charge on any atom is -0.481 e. The number of carboxylic acid groups (broad SMARTS) is 1. The van der Waals surface area contributed by atoms with Crippen LogP contribution < -0.4 is 0 Å². The van der Waals surface area contributed by atoms with Crippen molar-refractivity contribution in [2.75, 3.05) is 0 Å². The summed E-state index contributed by atoms with van der Waals surface area (Å²) in [6.07, 6.45) is 0.708. The molecule has 92 valence electrons. The van der Waals surface area contributed by atoms with Crippen LogP contribution in [0.5, 0.6) is 0 Å². The van der Waals surface area contributed by atoms with Crippen molar-refractivity contribution in [2.45, 2.75) is 26.2 Å². The third-order valence-corrected chi connectivity index (χ3v) is 2.92. The van der Waals surface area contributed by atoms with Crippen LogP contribution in [0.2, 0.25) is 0 Å². The molecule has 0 saturated carbocycles. The third kappa shape index (κ3) is 3.03. The topological polar surface area (TPSA) is 80.4 Å². The molecule has 1 aromatic rings. The van der Waals surface area contributed by atoms with Gasteiger partial charge in [0.15, 0.2) is 0 Å². The summed E-state index contributed by atoms with van der Waals surface area (Å²) < 4.78 is 0. The summed E-state index contributed by atoms with van der Waals surface area (Å²) in [7, 11) is 0. The number of benzene rings is 1. The van der Waals surface area contributed by atoms with Crippen LogP contribution in [0.4, 0.5) is 5.69 Å². The van der Waals surface area contributed by atoms with E-state index < -0.39 is 16.8 Å². The predicted molar refractivity (Wildman–Crippen MR) is 62.9 cm³/mol. The molecule has 5 heteroatoms. The standard InChI is InChI=1S/C12H15NO4/c1-3-8(2)11(12(14)15)9-5-4-6-10(7-9)13(16)17/h4-8,11H,3H2,1-2H3,(H,14,15). The summed E-state index contributed by atoms with van der Waals surface area (Å²) >= 11 is 0. The monoisotopic (exact) mass is 237 g/mol. The number of non-ortho nitro benzene ring substituents is 1. The first-order valence-corrected chi connectivity index (χ1v) is 5.44. The van der Waals surface area contributed by atoms with Gasteiger partial charge in [0.2, 0.25) is 0 Å². The molecule has 0 bridgehead atoms. The van der Waals surface area contributed by atoms with Crippen LogP contribution in [0.15, 0.2) is 24.3 Å². The van der Waals surface area contributed by atoms with Gasteiger partial charge in [-0.15, -0.1) is 0 Å². The number of carboxylic acids is 1. The van der Waals surface area contributed by atoms with E-state index in [2.05, 4.69) is 0 Å². The highest BCUT2D eigenvalue weighted by atomic mass is 16.6. The maximum absolute atomic E-state index is 11.2. The molecule has 1 aromatic carbocycles. The van der Waals surface area contributed by atoms with Crippen LogP contribution in [-0.4, -0.2) is 16.0 Å². The average molecular weight is 237 g/mol. The molecule has 1 rings (SSSR count). The Bertz CT molecular complexity index is 430. The number of carbonyl (C=O) groups is 1. The second-order valence-electron chi connectivity index (χ2n) is 4.05. The lowest BCUT2D eigenvalue weighted by atomic mass is 9.85. The molecule has 0 aliphatic rings. The molecular weight excluding hydrogens is 222 g/mol. The number of nitro groups is 1. The number of rotatable bonds is 5. The minimum absolute atomic E-state index is 0.0606. The van der Waals surface area contributed by atoms with E-state index in [4.69, 9.17) is 0 Å². The van der Waals surface area contributed by atoms with Crippen molar-refractivity contribution < 1.29 is 14.8 Å². The lowest BCUT2D eigenvalue weighted by Crippen LogP contribution is -2.19. The van der Waals surface area contributed by atoms with Crippen LogP contribution >= 0.6 is 0 Å². The van der Waals surface area contributed by atoms with E-state index in [0.29, 0.717) is 12.0 Å². The SMILES string of the molecule is CCC(C)C(C(=O)O)c1cccc([N+](=O)[O-])c1. The van der Waals surface area contributed by atoms with Gasteiger partial charge in [-0.1, -0.05) is 32.4 Å². The smallest absolute Gasteiger partial charge is 0.311 e. The zero-order valence-electron chi connectivity index (χ0n) is 9.79. The second kappa shape index (κ2) is 5.43. The van der Waals surface area contributed by atoms with Gasteiger partial charge in [-0.25, -0.2) is 0 Å². The molecule has 0 radical (unpaired) electrons. The van der Waals surface area contributed by atoms with E-state index in [9.17, 15) is 20.0 Å². The van der Waals surface area contributed by atoms with E-state index in [1.54, 1.807) is 6.07 Å². The fraction of sp³-hybridized carbons (Fsp3) is 0.417. The number of hydrogen-bond acceptors (Lipinski definition) is 3. The second-order valence-corrected chi connectivity index (χ2v) is 4.05. The summed E-state index contributed by atoms with van der Waals surface area (Å²) in [6, 6.07) is 5.84. The lowest BCUT2D eigenvalue weighted by molar-refractivity contribution is -0.384. The fourth-order valence-corrected chi connectivity index (χ4v) is 1.78. The number of nitro benzene ring substituents is 1. The Morgan fingerprint density at radius 2 is 2.18 bits per heavy atom. The maximum Gasteiger partial charge on any atom is 0.311 e. The molecule has 5 nitrogen and oxygen atoms in total. The van der Waals surface area contributed by atoms with Crippen molar-refractivity contribution in [3.8, 4) is 0 Å². The molecule has 2 unspecified atom stereocenters. The largest absolute Gasteiger partial charge is 0.481 e. The molecule has 0 heterocycles. The van der Waals surface area contributed by atoms with Gasteiger partial charge >= 0.3 is 5.97 Å². The Morgan fingerprint density at radius 1 is 1.53 bits per heavy atom. The van der Waals surface area contributed by atoms with Gasteiger partial charge in [0.25, 0.3) is 5.69 Å². The molecule has 1 N–H and O–H groups in total. The van der Waals surface area contributed by atoms with Gasteiger partial charge in [-0.2, -0.15) is 0 Å². The summed E-state index contributed by atoms with van der Waals surface area (Å²) in [5, 5.41) is 19.8. The third-order valence-electron chi connectivity index (χ3n) is 2.92. The zero-order valence-corrected chi connectivity index (χ0v) is 9.79. The molecule has 2 atom stereocenters. The summed E-state index contributed by atoms with van der Waals surface area (Å²) in [5.74, 6) is -1.70. The van der Waals surface area contributed by atoms with Gasteiger partial charge in [0.05, 0.1) is 10.8 Å². The summed E-state index contributed by atoms with van der Waals surface area (Å²) in [6.45, 7) is 3.73. The highest BCUT2D eigenvalue weighted by Crippen LogP contribution is 2.29. The Morgan fingerprint density at radius 3 is 2.65 bits per heavy atom. The van der Waals surface area contributed by atoms with Crippen molar-refractivity contribution in [1.82, 2.24) is 0 Å². The van der Waals surface area contributed by atoms with E-state index in [1.165, 1.54) is 18.2 Å². The number of aliphatic carboxylic acids is 1. The molecule has 0 aliphatic heterocycles. The molecule has 17 heavy (non-hydrogen) atoms. The highest BCUT2D eigenvalue weighted by molar-refractivity contribution is 5.76. The molecular formula is C12H15NO4. The summed E-state index contributed by atoms with van der Waals surface area (Å²) in [4.78, 5) is 21.3. The van der Waals surface area contributed by atoms with Gasteiger partial charge in [-0.3, -0.25) is 14.9 Å². The van der Waals surface area contributed by atoms with Crippen LogP contribution in [0.1, 0.15) is 31.7 Å². The predicted octanol–water partition coefficient (Wildman–Crippen LogP) is 2.81. The van der Waals surface area contributed by atoms with Crippen molar-refractivity contribution in [1.29, 1.82) is 0 Å². The van der Waals surface area contributed by atoms with E-state index in [-0.39, 0.29) is 11.6 Å². The first-order valence-electron chi connectivity index (χ1n) is 5.44. The van der Waals surface area contributed by atoms with E-state index >= 15 is 0 Å². The molecule has 0 spiro atoms.